The number of aromatic nitrogens is 2. The number of hydrogen-bond donors (Lipinski definition) is 0. The van der Waals surface area contributed by atoms with Crippen molar-refractivity contribution in [2.45, 2.75) is 13.5 Å². The van der Waals surface area contributed by atoms with E-state index < -0.39 is 0 Å². The number of carbonyl (C=O) groups excluding carboxylic acids is 1. The molecule has 0 bridgehead atoms. The molecule has 2 aromatic rings. The molecule has 0 saturated carbocycles. The Morgan fingerprint density at radius 2 is 2.47 bits per heavy atom. The van der Waals surface area contributed by atoms with Crippen molar-refractivity contribution in [1.29, 1.82) is 0 Å². The van der Waals surface area contributed by atoms with E-state index in [0.717, 1.165) is 21.6 Å². The van der Waals surface area contributed by atoms with Gasteiger partial charge in [0.1, 0.15) is 0 Å². The molecule has 0 radical (unpaired) electrons. The lowest BCUT2D eigenvalue weighted by Crippen LogP contribution is -1.94. The van der Waals surface area contributed by atoms with Gasteiger partial charge in [-0.3, -0.25) is 9.48 Å². The van der Waals surface area contributed by atoms with Crippen LogP contribution in [0.4, 0.5) is 0 Å². The zero-order valence-electron chi connectivity index (χ0n) is 9.26. The van der Waals surface area contributed by atoms with Gasteiger partial charge in [-0.25, -0.2) is 0 Å². The minimum atomic E-state index is 0.00625. The van der Waals surface area contributed by atoms with Gasteiger partial charge in [0, 0.05) is 22.6 Å². The van der Waals surface area contributed by atoms with E-state index in [-0.39, 0.29) is 5.78 Å². The standard InChI is InChI=1S/C12H11BrN2OS/c1-2-15-6-5-10(14-15)3-4-11(16)12-7-9(13)8-17-12/h3-8H,2H2,1H3/b4-3+. The molecule has 0 amide bonds. The molecule has 2 heterocycles. The molecule has 0 N–H and O–H groups in total. The van der Waals surface area contributed by atoms with Crippen LogP contribution >= 0.6 is 27.3 Å². The SMILES string of the molecule is CCn1ccc(/C=C/C(=O)c2cc(Br)cs2)n1. The predicted octanol–water partition coefficient (Wildman–Crippen LogP) is 3.62. The van der Waals surface area contributed by atoms with Crippen LogP contribution in [0.1, 0.15) is 22.3 Å². The lowest BCUT2D eigenvalue weighted by Gasteiger charge is -1.90. The highest BCUT2D eigenvalue weighted by Crippen LogP contribution is 2.20. The first-order valence-electron chi connectivity index (χ1n) is 5.19. The van der Waals surface area contributed by atoms with E-state index in [1.807, 2.05) is 35.3 Å². The van der Waals surface area contributed by atoms with Crippen LogP contribution in [-0.2, 0) is 6.54 Å². The monoisotopic (exact) mass is 310 g/mol. The molecule has 88 valence electrons. The second-order valence-electron chi connectivity index (χ2n) is 3.42. The van der Waals surface area contributed by atoms with Gasteiger partial charge in [-0.2, -0.15) is 5.10 Å². The van der Waals surface area contributed by atoms with Crippen LogP contribution < -0.4 is 0 Å². The Hall–Kier alpha value is -1.20. The summed E-state index contributed by atoms with van der Waals surface area (Å²) in [6, 6.07) is 3.71. The van der Waals surface area contributed by atoms with Crippen molar-refractivity contribution in [2.75, 3.05) is 0 Å². The Bertz CT molecular complexity index is 556. The van der Waals surface area contributed by atoms with Gasteiger partial charge in [-0.1, -0.05) is 0 Å². The summed E-state index contributed by atoms with van der Waals surface area (Å²) in [4.78, 5) is 12.5. The van der Waals surface area contributed by atoms with Gasteiger partial charge in [0.05, 0.1) is 10.6 Å². The van der Waals surface area contributed by atoms with Gasteiger partial charge in [-0.15, -0.1) is 11.3 Å². The highest BCUT2D eigenvalue weighted by Gasteiger charge is 2.04. The lowest BCUT2D eigenvalue weighted by atomic mass is 10.3. The third kappa shape index (κ3) is 3.14. The maximum atomic E-state index is 11.8. The minimum Gasteiger partial charge on any atom is -0.288 e. The zero-order chi connectivity index (χ0) is 12.3. The fraction of sp³-hybridized carbons (Fsp3) is 0.167. The van der Waals surface area contributed by atoms with Crippen LogP contribution in [0.15, 0.2) is 34.3 Å². The number of allylic oxidation sites excluding steroid dienone is 1. The number of nitrogens with zero attached hydrogens (tertiary/aromatic N) is 2. The molecule has 0 aromatic carbocycles. The predicted molar refractivity (Wildman–Crippen MR) is 73.3 cm³/mol. The Morgan fingerprint density at radius 3 is 3.06 bits per heavy atom. The van der Waals surface area contributed by atoms with Crippen molar-refractivity contribution in [2.24, 2.45) is 0 Å². The zero-order valence-corrected chi connectivity index (χ0v) is 11.7. The Morgan fingerprint density at radius 1 is 1.65 bits per heavy atom. The summed E-state index contributed by atoms with van der Waals surface area (Å²) in [6.45, 7) is 2.86. The fourth-order valence-corrected chi connectivity index (χ4v) is 2.68. The first-order chi connectivity index (χ1) is 8.19. The molecule has 0 aliphatic carbocycles. The summed E-state index contributed by atoms with van der Waals surface area (Å²) in [5.74, 6) is 0.00625. The molecule has 0 spiro atoms. The van der Waals surface area contributed by atoms with Gasteiger partial charge < -0.3 is 0 Å². The van der Waals surface area contributed by atoms with Crippen LogP contribution in [-0.4, -0.2) is 15.6 Å². The highest BCUT2D eigenvalue weighted by molar-refractivity contribution is 9.10. The summed E-state index contributed by atoms with van der Waals surface area (Å²) in [7, 11) is 0. The van der Waals surface area contributed by atoms with Crippen molar-refractivity contribution in [3.05, 3.63) is 44.8 Å². The molecule has 0 aliphatic heterocycles. The molecule has 5 heteroatoms. The minimum absolute atomic E-state index is 0.00625. The fourth-order valence-electron chi connectivity index (χ4n) is 1.33. The third-order valence-electron chi connectivity index (χ3n) is 2.20. The summed E-state index contributed by atoms with van der Waals surface area (Å²) >= 11 is 4.76. The van der Waals surface area contributed by atoms with Crippen LogP contribution in [0.5, 0.6) is 0 Å². The molecular formula is C12H11BrN2OS. The Kier molecular flexibility index (Phi) is 3.91. The molecule has 0 atom stereocenters. The third-order valence-corrected chi connectivity index (χ3v) is 3.91. The highest BCUT2D eigenvalue weighted by atomic mass is 79.9. The number of aryl methyl sites for hydroxylation is 1. The number of hydrogen-bond acceptors (Lipinski definition) is 3. The Balaban J connectivity index is 2.08. The molecule has 2 aromatic heterocycles. The summed E-state index contributed by atoms with van der Waals surface area (Å²) < 4.78 is 2.76. The first-order valence-corrected chi connectivity index (χ1v) is 6.86. The molecule has 0 saturated heterocycles. The second kappa shape index (κ2) is 5.42. The van der Waals surface area contributed by atoms with Gasteiger partial charge in [0.2, 0.25) is 0 Å². The molecule has 0 unspecified atom stereocenters. The van der Waals surface area contributed by atoms with E-state index >= 15 is 0 Å². The van der Waals surface area contributed by atoms with Gasteiger partial charge in [0.15, 0.2) is 5.78 Å². The van der Waals surface area contributed by atoms with E-state index in [1.165, 1.54) is 11.3 Å². The van der Waals surface area contributed by atoms with Crippen molar-refractivity contribution >= 4 is 39.1 Å². The van der Waals surface area contributed by atoms with E-state index in [2.05, 4.69) is 21.0 Å². The number of halogens is 1. The molecular weight excluding hydrogens is 300 g/mol. The van der Waals surface area contributed by atoms with Crippen molar-refractivity contribution in [3.8, 4) is 0 Å². The second-order valence-corrected chi connectivity index (χ2v) is 5.25. The van der Waals surface area contributed by atoms with Crippen LogP contribution in [0.2, 0.25) is 0 Å². The number of rotatable bonds is 4. The number of thiophene rings is 1. The van der Waals surface area contributed by atoms with E-state index in [1.54, 1.807) is 12.2 Å². The average Bonchev–Trinajstić information content (AvgIpc) is 2.94. The van der Waals surface area contributed by atoms with E-state index in [0.29, 0.717) is 0 Å². The quantitative estimate of drug-likeness (QED) is 0.638. The van der Waals surface area contributed by atoms with Gasteiger partial charge in [0.25, 0.3) is 0 Å². The number of ketones is 1. The maximum absolute atomic E-state index is 11.8. The van der Waals surface area contributed by atoms with Crippen molar-refractivity contribution in [3.63, 3.8) is 0 Å². The maximum Gasteiger partial charge on any atom is 0.195 e. The first kappa shape index (κ1) is 12.3. The largest absolute Gasteiger partial charge is 0.288 e. The summed E-state index contributed by atoms with van der Waals surface area (Å²) in [6.07, 6.45) is 5.19. The smallest absolute Gasteiger partial charge is 0.195 e. The van der Waals surface area contributed by atoms with Gasteiger partial charge >= 0.3 is 0 Å². The average molecular weight is 311 g/mol. The molecule has 0 fully saturated rings. The van der Waals surface area contributed by atoms with Crippen LogP contribution in [0.3, 0.4) is 0 Å². The van der Waals surface area contributed by atoms with Crippen LogP contribution in [0, 0.1) is 0 Å². The van der Waals surface area contributed by atoms with Crippen LogP contribution in [0.25, 0.3) is 6.08 Å². The molecule has 17 heavy (non-hydrogen) atoms. The Labute approximate surface area is 112 Å². The topological polar surface area (TPSA) is 34.9 Å². The van der Waals surface area contributed by atoms with Crippen molar-refractivity contribution < 1.29 is 4.79 Å². The van der Waals surface area contributed by atoms with Gasteiger partial charge in [-0.05, 0) is 47.1 Å². The lowest BCUT2D eigenvalue weighted by molar-refractivity contribution is 0.105. The normalized spacial score (nSPS) is 11.2. The molecule has 0 aliphatic rings. The summed E-state index contributed by atoms with van der Waals surface area (Å²) in [5.41, 5.74) is 0.802. The van der Waals surface area contributed by atoms with E-state index in [4.69, 9.17) is 0 Å². The number of carbonyl (C=O) groups is 1. The van der Waals surface area contributed by atoms with E-state index in [9.17, 15) is 4.79 Å². The molecule has 2 rings (SSSR count). The van der Waals surface area contributed by atoms with Crippen molar-refractivity contribution in [1.82, 2.24) is 9.78 Å². The molecule has 3 nitrogen and oxygen atoms in total. The summed E-state index contributed by atoms with van der Waals surface area (Å²) in [5, 5.41) is 6.17.